The van der Waals surface area contributed by atoms with Crippen molar-refractivity contribution in [3.8, 4) is 11.5 Å². The fourth-order valence-electron chi connectivity index (χ4n) is 2.11. The molecule has 1 unspecified atom stereocenters. The first-order valence-corrected chi connectivity index (χ1v) is 7.72. The summed E-state index contributed by atoms with van der Waals surface area (Å²) in [5.41, 5.74) is 1.13. The fraction of sp³-hybridized carbons (Fsp3) is 0.250. The van der Waals surface area contributed by atoms with Gasteiger partial charge in [0.25, 0.3) is 0 Å². The molecule has 2 rings (SSSR count). The van der Waals surface area contributed by atoms with Crippen LogP contribution in [0, 0.1) is 0 Å². The SMILES string of the molecule is CCC(NC)c1ccccc1Oc1cc(Br)ccc1Cl. The van der Waals surface area contributed by atoms with Crippen LogP contribution in [0.2, 0.25) is 5.02 Å². The van der Waals surface area contributed by atoms with Crippen molar-refractivity contribution in [1.29, 1.82) is 0 Å². The van der Waals surface area contributed by atoms with Gasteiger partial charge in [-0.05, 0) is 37.7 Å². The number of hydrogen-bond acceptors (Lipinski definition) is 2. The van der Waals surface area contributed by atoms with E-state index in [1.807, 2.05) is 43.4 Å². The van der Waals surface area contributed by atoms with Crippen LogP contribution in [0.5, 0.6) is 11.5 Å². The summed E-state index contributed by atoms with van der Waals surface area (Å²) in [5.74, 6) is 1.48. The van der Waals surface area contributed by atoms with Gasteiger partial charge in [0.1, 0.15) is 11.5 Å². The molecule has 1 atom stereocenters. The monoisotopic (exact) mass is 353 g/mol. The van der Waals surface area contributed by atoms with E-state index in [-0.39, 0.29) is 6.04 Å². The zero-order valence-electron chi connectivity index (χ0n) is 11.5. The lowest BCUT2D eigenvalue weighted by Crippen LogP contribution is -2.15. The van der Waals surface area contributed by atoms with Gasteiger partial charge in [0.05, 0.1) is 5.02 Å². The number of nitrogens with one attached hydrogen (secondary N) is 1. The Hall–Kier alpha value is -1.03. The van der Waals surface area contributed by atoms with E-state index < -0.39 is 0 Å². The molecule has 0 aliphatic heterocycles. The van der Waals surface area contributed by atoms with Crippen molar-refractivity contribution in [3.63, 3.8) is 0 Å². The molecule has 0 amide bonds. The topological polar surface area (TPSA) is 21.3 Å². The zero-order chi connectivity index (χ0) is 14.5. The molecule has 0 aliphatic carbocycles. The van der Waals surface area contributed by atoms with Crippen LogP contribution < -0.4 is 10.1 Å². The van der Waals surface area contributed by atoms with Gasteiger partial charge in [-0.1, -0.05) is 52.7 Å². The molecular weight excluding hydrogens is 338 g/mol. The average molecular weight is 355 g/mol. The van der Waals surface area contributed by atoms with Crippen molar-refractivity contribution in [2.24, 2.45) is 0 Å². The highest BCUT2D eigenvalue weighted by molar-refractivity contribution is 9.10. The van der Waals surface area contributed by atoms with Gasteiger partial charge in [0.2, 0.25) is 0 Å². The van der Waals surface area contributed by atoms with Gasteiger partial charge in [-0.3, -0.25) is 0 Å². The minimum atomic E-state index is 0.261. The van der Waals surface area contributed by atoms with Crippen molar-refractivity contribution in [2.45, 2.75) is 19.4 Å². The second kappa shape index (κ2) is 7.11. The number of halogens is 2. The van der Waals surface area contributed by atoms with E-state index in [4.69, 9.17) is 16.3 Å². The standard InChI is InChI=1S/C16H17BrClNO/c1-3-14(19-2)12-6-4-5-7-15(12)20-16-10-11(17)8-9-13(16)18/h4-10,14,19H,3H2,1-2H3. The van der Waals surface area contributed by atoms with E-state index in [9.17, 15) is 0 Å². The van der Waals surface area contributed by atoms with Gasteiger partial charge in [0, 0.05) is 16.1 Å². The molecule has 1 N–H and O–H groups in total. The second-order valence-electron chi connectivity index (χ2n) is 4.46. The molecule has 0 saturated carbocycles. The van der Waals surface area contributed by atoms with E-state index >= 15 is 0 Å². The van der Waals surface area contributed by atoms with Gasteiger partial charge >= 0.3 is 0 Å². The molecule has 0 fully saturated rings. The van der Waals surface area contributed by atoms with Crippen LogP contribution in [0.4, 0.5) is 0 Å². The average Bonchev–Trinajstić information content (AvgIpc) is 2.46. The lowest BCUT2D eigenvalue weighted by molar-refractivity contribution is 0.459. The maximum absolute atomic E-state index is 6.18. The molecule has 0 spiro atoms. The quantitative estimate of drug-likeness (QED) is 0.758. The smallest absolute Gasteiger partial charge is 0.147 e. The summed E-state index contributed by atoms with van der Waals surface area (Å²) < 4.78 is 6.94. The fourth-order valence-corrected chi connectivity index (χ4v) is 2.61. The molecule has 0 saturated heterocycles. The van der Waals surface area contributed by atoms with Gasteiger partial charge < -0.3 is 10.1 Å². The lowest BCUT2D eigenvalue weighted by atomic mass is 10.0. The summed E-state index contributed by atoms with van der Waals surface area (Å²) in [6.07, 6.45) is 0.989. The van der Waals surface area contributed by atoms with E-state index in [1.54, 1.807) is 0 Å². The number of benzene rings is 2. The molecule has 2 aromatic carbocycles. The van der Waals surface area contributed by atoms with Crippen molar-refractivity contribution < 1.29 is 4.74 Å². The third kappa shape index (κ3) is 3.54. The first-order valence-electron chi connectivity index (χ1n) is 6.54. The van der Waals surface area contributed by atoms with Crippen LogP contribution in [-0.2, 0) is 0 Å². The van der Waals surface area contributed by atoms with Gasteiger partial charge in [-0.15, -0.1) is 0 Å². The Morgan fingerprint density at radius 2 is 1.95 bits per heavy atom. The molecule has 106 valence electrons. The highest BCUT2D eigenvalue weighted by Crippen LogP contribution is 2.35. The molecule has 0 bridgehead atoms. The first kappa shape index (κ1) is 15.4. The largest absolute Gasteiger partial charge is 0.455 e. The first-order chi connectivity index (χ1) is 9.65. The van der Waals surface area contributed by atoms with Crippen molar-refractivity contribution in [1.82, 2.24) is 5.32 Å². The molecule has 0 aromatic heterocycles. The Balaban J connectivity index is 2.36. The highest BCUT2D eigenvalue weighted by atomic mass is 79.9. The van der Waals surface area contributed by atoms with Crippen LogP contribution in [0.1, 0.15) is 24.9 Å². The lowest BCUT2D eigenvalue weighted by Gasteiger charge is -2.19. The second-order valence-corrected chi connectivity index (χ2v) is 5.79. The third-order valence-corrected chi connectivity index (χ3v) is 3.97. The summed E-state index contributed by atoms with van der Waals surface area (Å²) >= 11 is 9.62. The number of ether oxygens (including phenoxy) is 1. The van der Waals surface area contributed by atoms with Crippen LogP contribution in [0.3, 0.4) is 0 Å². The Morgan fingerprint density at radius 1 is 1.20 bits per heavy atom. The summed E-state index contributed by atoms with van der Waals surface area (Å²) in [6.45, 7) is 2.14. The number of para-hydroxylation sites is 1. The molecule has 2 nitrogen and oxygen atoms in total. The van der Waals surface area contributed by atoms with Crippen LogP contribution in [0.25, 0.3) is 0 Å². The Morgan fingerprint density at radius 3 is 2.65 bits per heavy atom. The molecular formula is C16H17BrClNO. The summed E-state index contributed by atoms with van der Waals surface area (Å²) in [7, 11) is 1.96. The highest BCUT2D eigenvalue weighted by Gasteiger charge is 2.14. The Bertz CT molecular complexity index is 584. The van der Waals surface area contributed by atoms with Crippen LogP contribution in [0.15, 0.2) is 46.9 Å². The summed E-state index contributed by atoms with van der Waals surface area (Å²) in [6, 6.07) is 13.9. The molecule has 0 radical (unpaired) electrons. The third-order valence-electron chi connectivity index (χ3n) is 3.16. The Kier molecular flexibility index (Phi) is 5.46. The van der Waals surface area contributed by atoms with E-state index in [0.717, 1.165) is 22.2 Å². The summed E-state index contributed by atoms with van der Waals surface area (Å²) in [4.78, 5) is 0. The van der Waals surface area contributed by atoms with Crippen molar-refractivity contribution in [3.05, 3.63) is 57.5 Å². The van der Waals surface area contributed by atoms with Crippen LogP contribution in [-0.4, -0.2) is 7.05 Å². The minimum Gasteiger partial charge on any atom is -0.455 e. The van der Waals surface area contributed by atoms with Crippen molar-refractivity contribution in [2.75, 3.05) is 7.05 Å². The predicted octanol–water partition coefficient (Wildman–Crippen LogP) is 5.57. The number of rotatable bonds is 5. The normalized spacial score (nSPS) is 12.2. The van der Waals surface area contributed by atoms with E-state index in [0.29, 0.717) is 10.8 Å². The number of hydrogen-bond donors (Lipinski definition) is 1. The molecule has 0 aliphatic rings. The molecule has 2 aromatic rings. The molecule has 4 heteroatoms. The van der Waals surface area contributed by atoms with E-state index in [1.165, 1.54) is 0 Å². The molecule has 20 heavy (non-hydrogen) atoms. The Labute approximate surface area is 133 Å². The zero-order valence-corrected chi connectivity index (χ0v) is 13.8. The summed E-state index contributed by atoms with van der Waals surface area (Å²) in [5, 5.41) is 3.90. The van der Waals surface area contributed by atoms with Gasteiger partial charge in [-0.25, -0.2) is 0 Å². The molecule has 0 heterocycles. The van der Waals surface area contributed by atoms with Gasteiger partial charge in [-0.2, -0.15) is 0 Å². The van der Waals surface area contributed by atoms with Crippen molar-refractivity contribution >= 4 is 27.5 Å². The maximum atomic E-state index is 6.18. The van der Waals surface area contributed by atoms with Crippen LogP contribution >= 0.6 is 27.5 Å². The minimum absolute atomic E-state index is 0.261. The van der Waals surface area contributed by atoms with E-state index in [2.05, 4.69) is 34.2 Å². The van der Waals surface area contributed by atoms with Gasteiger partial charge in [0.15, 0.2) is 0 Å². The maximum Gasteiger partial charge on any atom is 0.147 e. The predicted molar refractivity (Wildman–Crippen MR) is 87.8 cm³/mol.